The molecule has 6 bridgehead atoms. The van der Waals surface area contributed by atoms with Gasteiger partial charge in [0.15, 0.2) is 58.3 Å². The zero-order chi connectivity index (χ0) is 47.7. The second kappa shape index (κ2) is 14.7. The first kappa shape index (κ1) is 43.8. The molecule has 0 amide bonds. The molecule has 3 N–H and O–H groups in total. The molecule has 11 atom stereocenters. The Bertz CT molecular complexity index is 2860. The number of aliphatic hydroxyl groups is 3. The molecule has 15 rings (SSSR count). The lowest BCUT2D eigenvalue weighted by Gasteiger charge is -2.62. The molecule has 1 saturated carbocycles. The summed E-state index contributed by atoms with van der Waals surface area (Å²) >= 11 is 0. The minimum atomic E-state index is -1.08. The smallest absolute Gasteiger partial charge is 0.196 e. The van der Waals surface area contributed by atoms with Crippen LogP contribution in [0.15, 0.2) is 71.8 Å². The predicted molar refractivity (Wildman–Crippen MR) is 253 cm³/mol. The topological polar surface area (TPSA) is 160 Å². The number of hydrogen-bond acceptors (Lipinski definition) is 14. The van der Waals surface area contributed by atoms with Gasteiger partial charge in [0.05, 0.1) is 49.8 Å². The van der Waals surface area contributed by atoms with Crippen LogP contribution in [-0.4, -0.2) is 158 Å². The van der Waals surface area contributed by atoms with Crippen molar-refractivity contribution in [1.29, 1.82) is 0 Å². The van der Waals surface area contributed by atoms with E-state index in [2.05, 4.69) is 59.1 Å². The van der Waals surface area contributed by atoms with Crippen molar-refractivity contribution in [2.75, 3.05) is 68.7 Å². The number of allylic oxidation sites excluding steroid dienone is 2. The second-order valence-corrected chi connectivity index (χ2v) is 21.6. The number of methoxy groups -OCH3 is 3. The van der Waals surface area contributed by atoms with E-state index in [0.717, 1.165) is 85.5 Å². The van der Waals surface area contributed by atoms with Crippen LogP contribution in [0.5, 0.6) is 34.5 Å². The number of aliphatic hydroxyl groups excluding tert-OH is 1. The van der Waals surface area contributed by atoms with Crippen LogP contribution in [-0.2, 0) is 45.1 Å². The van der Waals surface area contributed by atoms with Crippen molar-refractivity contribution in [2.24, 2.45) is 0 Å². The quantitative estimate of drug-likeness (QED) is 0.348. The number of likely N-dealkylation sites (tertiary alicyclic amines) is 3. The van der Waals surface area contributed by atoms with Gasteiger partial charge in [-0.05, 0) is 144 Å². The number of Topliss-reactive ketones (excluding diaryl/α,β-unsaturated/α-hetero) is 1. The SMILES string of the molecule is COc1ccc2c3c1O[C@H]1C(=O)C=C[C@@]4(O)[C@@H](C2)N(C)CC[C@]314.COc1ccc2c3c1O[C@H]1C(=O)CC[C@@]4(O)[C@@H](C2)N(C)CC[C@]314.COc1ccc2c3c1O[C@H]1C(CO)=CC=C4[C@@H](C2)N(C)CC[C@]431. The van der Waals surface area contributed by atoms with Gasteiger partial charge < -0.3 is 48.6 Å². The van der Waals surface area contributed by atoms with Crippen LogP contribution in [0.1, 0.15) is 65.5 Å². The standard InChI is InChI=1S/C19H21NO3.C18H21NO4.C18H19NO4/c1-20-8-7-19-13-5-3-12(10-21)18(19)23-17-15(22-2)6-4-11(16(17)19)9-14(13)20;2*1-19-8-7-17-14-10-3-4-12(22-2)15(14)23-16(17)11(20)5-6-18(17,21)13(19)9-10/h3-6,14,18,21H,7-10H2,1-2H3;3-4,13,16,21H,5-9H2,1-2H3;3-6,13,16,21H,7-9H2,1-2H3/t14-,18+,19+;2*13-,16+,17+,18-/m111/s1. The summed E-state index contributed by atoms with van der Waals surface area (Å²) in [6.45, 7) is 2.80. The molecule has 0 aromatic heterocycles. The number of nitrogens with zero attached hydrogens (tertiary/aromatic N) is 3. The summed E-state index contributed by atoms with van der Waals surface area (Å²) in [7, 11) is 11.3. The van der Waals surface area contributed by atoms with Crippen molar-refractivity contribution in [3.63, 3.8) is 0 Å². The van der Waals surface area contributed by atoms with E-state index < -0.39 is 34.2 Å². The van der Waals surface area contributed by atoms with Gasteiger partial charge in [0.25, 0.3) is 0 Å². The number of rotatable bonds is 4. The van der Waals surface area contributed by atoms with E-state index in [4.69, 9.17) is 28.4 Å². The molecule has 69 heavy (non-hydrogen) atoms. The zero-order valence-electron chi connectivity index (χ0n) is 40.2. The number of piperidine rings is 3. The monoisotopic (exact) mass is 939 g/mol. The number of carbonyl (C=O) groups excluding carboxylic acids is 2. The molecule has 14 nitrogen and oxygen atoms in total. The Morgan fingerprint density at radius 1 is 0.638 bits per heavy atom. The lowest BCUT2D eigenvalue weighted by Crippen LogP contribution is -2.76. The average Bonchev–Trinajstić information content (AvgIpc) is 4.03. The number of hydrogen-bond donors (Lipinski definition) is 3. The predicted octanol–water partition coefficient (Wildman–Crippen LogP) is 3.69. The molecule has 362 valence electrons. The largest absolute Gasteiger partial charge is 0.493 e. The fourth-order valence-corrected chi connectivity index (χ4v) is 16.1. The molecule has 6 aliphatic heterocycles. The number of carbonyl (C=O) groups is 2. The van der Waals surface area contributed by atoms with Gasteiger partial charge in [-0.1, -0.05) is 30.4 Å². The Morgan fingerprint density at radius 2 is 1.19 bits per heavy atom. The first-order valence-electron chi connectivity index (χ1n) is 24.7. The maximum Gasteiger partial charge on any atom is 0.196 e. The molecule has 6 heterocycles. The molecule has 3 spiro atoms. The maximum absolute atomic E-state index is 12.7. The summed E-state index contributed by atoms with van der Waals surface area (Å²) in [5.74, 6) is 4.39. The first-order chi connectivity index (χ1) is 33.3. The number of ether oxygens (including phenoxy) is 6. The van der Waals surface area contributed by atoms with Gasteiger partial charge in [-0.15, -0.1) is 0 Å². The van der Waals surface area contributed by atoms with Crippen molar-refractivity contribution < 1.29 is 53.3 Å². The van der Waals surface area contributed by atoms with Gasteiger partial charge in [0, 0.05) is 41.2 Å². The van der Waals surface area contributed by atoms with Gasteiger partial charge in [-0.3, -0.25) is 19.4 Å². The van der Waals surface area contributed by atoms with Crippen LogP contribution in [0, 0.1) is 0 Å². The third kappa shape index (κ3) is 5.12. The normalized spacial score (nSPS) is 38.0. The van der Waals surface area contributed by atoms with Crippen molar-refractivity contribution in [3.05, 3.63) is 105 Å². The number of likely N-dealkylation sites (N-methyl/N-ethyl adjacent to an activating group) is 3. The van der Waals surface area contributed by atoms with E-state index >= 15 is 0 Å². The molecule has 0 radical (unpaired) electrons. The van der Waals surface area contributed by atoms with Gasteiger partial charge in [-0.25, -0.2) is 0 Å². The molecular weight excluding hydrogens is 879 g/mol. The van der Waals surface area contributed by atoms with Crippen molar-refractivity contribution in [1.82, 2.24) is 14.7 Å². The van der Waals surface area contributed by atoms with Crippen LogP contribution in [0.3, 0.4) is 0 Å². The fraction of sp³-hybridized carbons (Fsp3) is 0.527. The van der Waals surface area contributed by atoms with E-state index in [1.54, 1.807) is 27.4 Å². The van der Waals surface area contributed by atoms with Crippen molar-refractivity contribution in [2.45, 2.75) is 115 Å². The highest BCUT2D eigenvalue weighted by Crippen LogP contribution is 2.67. The lowest BCUT2D eigenvalue weighted by molar-refractivity contribution is -0.185. The molecule has 3 aromatic rings. The summed E-state index contributed by atoms with van der Waals surface area (Å²) in [6, 6.07) is 12.6. The highest BCUT2D eigenvalue weighted by molar-refractivity contribution is 5.99. The molecule has 0 unspecified atom stereocenters. The minimum absolute atomic E-state index is 0.0430. The second-order valence-electron chi connectivity index (χ2n) is 21.6. The third-order valence-corrected chi connectivity index (χ3v) is 19.3. The van der Waals surface area contributed by atoms with Crippen LogP contribution < -0.4 is 28.4 Å². The van der Waals surface area contributed by atoms with Crippen molar-refractivity contribution >= 4 is 11.6 Å². The number of benzene rings is 3. The minimum Gasteiger partial charge on any atom is -0.493 e. The molecule has 6 aliphatic carbocycles. The Morgan fingerprint density at radius 3 is 1.84 bits per heavy atom. The summed E-state index contributed by atoms with van der Waals surface area (Å²) in [5, 5.41) is 33.3. The van der Waals surface area contributed by atoms with Crippen LogP contribution in [0.2, 0.25) is 0 Å². The van der Waals surface area contributed by atoms with E-state index in [-0.39, 0.29) is 41.8 Å². The van der Waals surface area contributed by atoms with Crippen LogP contribution >= 0.6 is 0 Å². The molecular formula is C55H61N3O11. The van der Waals surface area contributed by atoms with Gasteiger partial charge in [0.1, 0.15) is 11.7 Å². The Labute approximate surface area is 402 Å². The zero-order valence-corrected chi connectivity index (χ0v) is 40.2. The summed E-state index contributed by atoms with van der Waals surface area (Å²) in [4.78, 5) is 32.1. The van der Waals surface area contributed by atoms with Crippen molar-refractivity contribution in [3.8, 4) is 34.5 Å². The lowest BCUT2D eigenvalue weighted by atomic mass is 9.49. The van der Waals surface area contributed by atoms with E-state index in [0.29, 0.717) is 48.3 Å². The van der Waals surface area contributed by atoms with E-state index in [9.17, 15) is 24.9 Å². The maximum atomic E-state index is 12.7. The summed E-state index contributed by atoms with van der Waals surface area (Å²) in [6.07, 6.45) is 12.2. The summed E-state index contributed by atoms with van der Waals surface area (Å²) in [5.41, 5.74) is 6.13. The Hall–Kier alpha value is -5.22. The first-order valence-corrected chi connectivity index (χ1v) is 24.7. The molecule has 12 aliphatic rings. The average molecular weight is 940 g/mol. The fourth-order valence-electron chi connectivity index (χ4n) is 16.1. The highest BCUT2D eigenvalue weighted by atomic mass is 16.5. The van der Waals surface area contributed by atoms with Crippen LogP contribution in [0.4, 0.5) is 0 Å². The van der Waals surface area contributed by atoms with E-state index in [1.165, 1.54) is 28.3 Å². The molecule has 3 aromatic carbocycles. The third-order valence-electron chi connectivity index (χ3n) is 19.3. The number of ketones is 2. The Kier molecular flexibility index (Phi) is 9.31. The Balaban J connectivity index is 0.000000102. The molecule has 3 saturated heterocycles. The summed E-state index contributed by atoms with van der Waals surface area (Å²) < 4.78 is 35.2. The van der Waals surface area contributed by atoms with E-state index in [1.807, 2.05) is 25.2 Å². The van der Waals surface area contributed by atoms with Crippen LogP contribution in [0.25, 0.3) is 0 Å². The highest BCUT2D eigenvalue weighted by Gasteiger charge is 2.74. The van der Waals surface area contributed by atoms with Gasteiger partial charge in [-0.2, -0.15) is 0 Å². The molecule has 4 fully saturated rings. The van der Waals surface area contributed by atoms with Gasteiger partial charge >= 0.3 is 0 Å². The molecule has 14 heteroatoms. The van der Waals surface area contributed by atoms with Gasteiger partial charge in [0.2, 0.25) is 0 Å².